The maximum atomic E-state index is 8.80. The van der Waals surface area contributed by atoms with Crippen LogP contribution in [0.15, 0.2) is 41.7 Å². The number of amidine groups is 1. The zero-order chi connectivity index (χ0) is 20.4. The Morgan fingerprint density at radius 1 is 1.32 bits per heavy atom. The molecule has 0 radical (unpaired) electrons. The first-order valence-corrected chi connectivity index (χ1v) is 8.56. The minimum absolute atomic E-state index is 0.226. The van der Waals surface area contributed by atoms with E-state index in [-0.39, 0.29) is 5.69 Å². The summed E-state index contributed by atoms with van der Waals surface area (Å²) in [5, 5.41) is 11.8. The molecular weight excluding hydrogens is 358 g/mol. The standard InChI is InChI=1S/C19H23N7O2/c1-23-17(26-18-12-24-13(10-21)11-25-18)9-14(22)19-15(27-2)5-3-6-16(19)28-8-4-7-20/h3,5-6,9,11-12H,4,7-8,20,22H2,1-2H3,(H,23,25,26)/b14-9-. The summed E-state index contributed by atoms with van der Waals surface area (Å²) < 4.78 is 11.2. The molecule has 0 atom stereocenters. The molecule has 0 fully saturated rings. The van der Waals surface area contributed by atoms with Crippen molar-refractivity contribution in [1.29, 1.82) is 5.26 Å². The van der Waals surface area contributed by atoms with E-state index in [1.165, 1.54) is 12.4 Å². The lowest BCUT2D eigenvalue weighted by molar-refractivity contribution is 0.309. The fourth-order valence-electron chi connectivity index (χ4n) is 2.31. The number of hydrogen-bond acceptors (Lipinski definition) is 8. The number of rotatable bonds is 8. The molecule has 2 rings (SSSR count). The highest BCUT2D eigenvalue weighted by atomic mass is 16.5. The summed E-state index contributed by atoms with van der Waals surface area (Å²) in [5.74, 6) is 2.06. The molecule has 0 unspecified atom stereocenters. The summed E-state index contributed by atoms with van der Waals surface area (Å²) in [4.78, 5) is 12.2. The lowest BCUT2D eigenvalue weighted by Gasteiger charge is -2.15. The molecule has 0 amide bonds. The second-order valence-corrected chi connectivity index (χ2v) is 5.56. The first-order chi connectivity index (χ1) is 13.6. The van der Waals surface area contributed by atoms with Crippen molar-refractivity contribution in [2.45, 2.75) is 6.42 Å². The molecule has 1 heterocycles. The van der Waals surface area contributed by atoms with Crippen molar-refractivity contribution in [3.05, 3.63) is 47.9 Å². The van der Waals surface area contributed by atoms with E-state index in [4.69, 9.17) is 26.2 Å². The highest BCUT2D eigenvalue weighted by Gasteiger charge is 2.14. The molecule has 0 aliphatic heterocycles. The quantitative estimate of drug-likeness (QED) is 0.355. The molecule has 28 heavy (non-hydrogen) atoms. The van der Waals surface area contributed by atoms with Gasteiger partial charge in [-0.3, -0.25) is 4.99 Å². The van der Waals surface area contributed by atoms with Crippen LogP contribution in [0.5, 0.6) is 11.5 Å². The average molecular weight is 381 g/mol. The molecule has 0 aliphatic carbocycles. The van der Waals surface area contributed by atoms with Gasteiger partial charge in [0.2, 0.25) is 0 Å². The molecule has 5 N–H and O–H groups in total. The monoisotopic (exact) mass is 381 g/mol. The van der Waals surface area contributed by atoms with Crippen molar-refractivity contribution in [2.24, 2.45) is 16.5 Å². The number of anilines is 1. The number of nitrogens with two attached hydrogens (primary N) is 2. The molecule has 1 aromatic carbocycles. The number of ether oxygens (including phenoxy) is 2. The highest BCUT2D eigenvalue weighted by molar-refractivity contribution is 6.07. The van der Waals surface area contributed by atoms with E-state index in [0.29, 0.717) is 47.6 Å². The molecule has 2 aromatic rings. The van der Waals surface area contributed by atoms with Crippen molar-refractivity contribution in [2.75, 3.05) is 32.6 Å². The first kappa shape index (κ1) is 20.7. The average Bonchev–Trinajstić information content (AvgIpc) is 2.73. The predicted molar refractivity (Wildman–Crippen MR) is 108 cm³/mol. The molecule has 1 aromatic heterocycles. The van der Waals surface area contributed by atoms with Crippen LogP contribution in [0.1, 0.15) is 17.7 Å². The fourth-order valence-corrected chi connectivity index (χ4v) is 2.31. The Morgan fingerprint density at radius 3 is 2.71 bits per heavy atom. The van der Waals surface area contributed by atoms with E-state index < -0.39 is 0 Å². The largest absolute Gasteiger partial charge is 0.496 e. The lowest BCUT2D eigenvalue weighted by atomic mass is 10.1. The Labute approximate surface area is 163 Å². The van der Waals surface area contributed by atoms with Crippen LogP contribution < -0.4 is 26.3 Å². The maximum Gasteiger partial charge on any atom is 0.158 e. The van der Waals surface area contributed by atoms with E-state index in [0.717, 1.165) is 6.42 Å². The minimum Gasteiger partial charge on any atom is -0.496 e. The number of benzene rings is 1. The molecule has 0 saturated heterocycles. The molecule has 0 aliphatic rings. The van der Waals surface area contributed by atoms with Crippen LogP contribution in [0.4, 0.5) is 5.82 Å². The summed E-state index contributed by atoms with van der Waals surface area (Å²) >= 11 is 0. The molecular formula is C19H23N7O2. The van der Waals surface area contributed by atoms with Gasteiger partial charge in [-0.15, -0.1) is 0 Å². The van der Waals surface area contributed by atoms with Gasteiger partial charge in [0.15, 0.2) is 5.69 Å². The summed E-state index contributed by atoms with van der Waals surface area (Å²) in [6.07, 6.45) is 5.18. The van der Waals surface area contributed by atoms with Crippen LogP contribution in [0.3, 0.4) is 0 Å². The molecule has 0 bridgehead atoms. The predicted octanol–water partition coefficient (Wildman–Crippen LogP) is 1.52. The SMILES string of the molecule is C/N=C(\C=C(/N)c1c(OC)cccc1OCCCN)Nc1cnc(C#N)cn1. The Bertz CT molecular complexity index is 886. The van der Waals surface area contributed by atoms with E-state index in [1.54, 1.807) is 26.3 Å². The van der Waals surface area contributed by atoms with Crippen LogP contribution >= 0.6 is 0 Å². The second kappa shape index (κ2) is 10.5. The smallest absolute Gasteiger partial charge is 0.158 e. The Kier molecular flexibility index (Phi) is 7.75. The zero-order valence-electron chi connectivity index (χ0n) is 15.8. The van der Waals surface area contributed by atoms with Crippen molar-refractivity contribution >= 4 is 17.4 Å². The Morgan fingerprint density at radius 2 is 2.11 bits per heavy atom. The normalized spacial score (nSPS) is 11.6. The lowest BCUT2D eigenvalue weighted by Crippen LogP contribution is -2.14. The third-order valence-electron chi connectivity index (χ3n) is 3.66. The van der Waals surface area contributed by atoms with Gasteiger partial charge in [0.25, 0.3) is 0 Å². The van der Waals surface area contributed by atoms with E-state index >= 15 is 0 Å². The maximum absolute atomic E-state index is 8.80. The molecule has 0 saturated carbocycles. The first-order valence-electron chi connectivity index (χ1n) is 8.56. The van der Waals surface area contributed by atoms with Gasteiger partial charge >= 0.3 is 0 Å². The number of aromatic nitrogens is 2. The number of nitrogens with one attached hydrogen (secondary N) is 1. The van der Waals surface area contributed by atoms with Gasteiger partial charge in [0.1, 0.15) is 29.2 Å². The molecule has 0 spiro atoms. The van der Waals surface area contributed by atoms with E-state index in [2.05, 4.69) is 20.3 Å². The van der Waals surface area contributed by atoms with Crippen LogP contribution in [-0.4, -0.2) is 43.1 Å². The van der Waals surface area contributed by atoms with Crippen molar-refractivity contribution in [3.63, 3.8) is 0 Å². The van der Waals surface area contributed by atoms with E-state index in [9.17, 15) is 0 Å². The van der Waals surface area contributed by atoms with Crippen LogP contribution in [0.2, 0.25) is 0 Å². The van der Waals surface area contributed by atoms with Crippen molar-refractivity contribution in [3.8, 4) is 17.6 Å². The number of aliphatic imine (C=N–C) groups is 1. The van der Waals surface area contributed by atoms with Crippen molar-refractivity contribution in [1.82, 2.24) is 9.97 Å². The summed E-state index contributed by atoms with van der Waals surface area (Å²) in [6, 6.07) is 7.36. The van der Waals surface area contributed by atoms with E-state index in [1.807, 2.05) is 18.2 Å². The molecule has 9 nitrogen and oxygen atoms in total. The summed E-state index contributed by atoms with van der Waals surface area (Å²) in [5.41, 5.74) is 13.1. The Balaban J connectivity index is 2.29. The topological polar surface area (TPSA) is 144 Å². The van der Waals surface area contributed by atoms with Gasteiger partial charge in [-0.1, -0.05) is 6.07 Å². The van der Waals surface area contributed by atoms with Gasteiger partial charge < -0.3 is 26.3 Å². The fraction of sp³-hybridized carbons (Fsp3) is 0.263. The number of hydrogen-bond donors (Lipinski definition) is 3. The Hall–Kier alpha value is -3.64. The molecule has 146 valence electrons. The van der Waals surface area contributed by atoms with Gasteiger partial charge in [-0.05, 0) is 25.1 Å². The summed E-state index contributed by atoms with van der Waals surface area (Å²) in [7, 11) is 3.18. The third-order valence-corrected chi connectivity index (χ3v) is 3.66. The molecule has 9 heteroatoms. The van der Waals surface area contributed by atoms with Gasteiger partial charge in [0, 0.05) is 18.8 Å². The summed E-state index contributed by atoms with van der Waals surface area (Å²) in [6.45, 7) is 1.00. The van der Waals surface area contributed by atoms with Gasteiger partial charge in [-0.2, -0.15) is 5.26 Å². The second-order valence-electron chi connectivity index (χ2n) is 5.56. The van der Waals surface area contributed by atoms with Crippen LogP contribution in [0.25, 0.3) is 5.70 Å². The van der Waals surface area contributed by atoms with Gasteiger partial charge in [-0.25, -0.2) is 9.97 Å². The highest BCUT2D eigenvalue weighted by Crippen LogP contribution is 2.32. The number of nitrogens with zero attached hydrogens (tertiary/aromatic N) is 4. The number of methoxy groups -OCH3 is 1. The van der Waals surface area contributed by atoms with Gasteiger partial charge in [0.05, 0.1) is 31.7 Å². The zero-order valence-corrected chi connectivity index (χ0v) is 15.8. The third kappa shape index (κ3) is 5.43. The van der Waals surface area contributed by atoms with Crippen LogP contribution in [-0.2, 0) is 0 Å². The minimum atomic E-state index is 0.226. The van der Waals surface area contributed by atoms with Crippen molar-refractivity contribution < 1.29 is 9.47 Å². The number of nitriles is 1. The van der Waals surface area contributed by atoms with Crippen LogP contribution in [0, 0.1) is 11.3 Å².